The highest BCUT2D eigenvalue weighted by Gasteiger charge is 2.12. The summed E-state index contributed by atoms with van der Waals surface area (Å²) in [5, 5.41) is 7.11. The minimum Gasteiger partial charge on any atom is -0.462 e. The van der Waals surface area contributed by atoms with E-state index in [9.17, 15) is 14.4 Å². The van der Waals surface area contributed by atoms with Crippen molar-refractivity contribution in [2.45, 2.75) is 34.2 Å². The molecule has 160 valence electrons. The number of aryl methyl sites for hydroxylation is 3. The van der Waals surface area contributed by atoms with Crippen molar-refractivity contribution >= 4 is 17.6 Å². The summed E-state index contributed by atoms with van der Waals surface area (Å²) in [6.07, 6.45) is 0. The Morgan fingerprint density at radius 1 is 0.968 bits per heavy atom. The second-order valence-electron chi connectivity index (χ2n) is 7.31. The summed E-state index contributed by atoms with van der Waals surface area (Å²) in [5.41, 5.74) is 5.46. The lowest BCUT2D eigenvalue weighted by molar-refractivity contribution is -0.117. The molecule has 0 atom stereocenters. The molecule has 0 radical (unpaired) electrons. The number of benzene rings is 2. The monoisotopic (exact) mass is 419 g/mol. The third kappa shape index (κ3) is 5.25. The van der Waals surface area contributed by atoms with Gasteiger partial charge in [0.25, 0.3) is 5.56 Å². The Bertz CT molecular complexity index is 1180. The number of ether oxygens (including phenoxy) is 1. The van der Waals surface area contributed by atoms with E-state index in [4.69, 9.17) is 4.74 Å². The van der Waals surface area contributed by atoms with Gasteiger partial charge in [0.2, 0.25) is 5.91 Å². The summed E-state index contributed by atoms with van der Waals surface area (Å²) in [5.74, 6) is -0.818. The largest absolute Gasteiger partial charge is 0.462 e. The first-order valence-corrected chi connectivity index (χ1v) is 10.0. The lowest BCUT2D eigenvalue weighted by Gasteiger charge is -2.12. The molecule has 1 amide bonds. The lowest BCUT2D eigenvalue weighted by atomic mass is 9.99. The highest BCUT2D eigenvalue weighted by atomic mass is 16.5. The lowest BCUT2D eigenvalue weighted by Crippen LogP contribution is -2.29. The van der Waals surface area contributed by atoms with Gasteiger partial charge in [0, 0.05) is 17.3 Å². The van der Waals surface area contributed by atoms with E-state index >= 15 is 0 Å². The van der Waals surface area contributed by atoms with E-state index in [0.29, 0.717) is 23.6 Å². The van der Waals surface area contributed by atoms with E-state index in [1.54, 1.807) is 37.3 Å². The first kappa shape index (κ1) is 22.0. The summed E-state index contributed by atoms with van der Waals surface area (Å²) < 4.78 is 6.08. The van der Waals surface area contributed by atoms with Gasteiger partial charge in [-0.3, -0.25) is 9.59 Å². The van der Waals surface area contributed by atoms with Crippen LogP contribution in [0.2, 0.25) is 0 Å². The summed E-state index contributed by atoms with van der Waals surface area (Å²) in [7, 11) is 0. The number of aromatic nitrogens is 2. The maximum absolute atomic E-state index is 12.5. The summed E-state index contributed by atoms with van der Waals surface area (Å²) in [6.45, 7) is 7.86. The third-order valence-corrected chi connectivity index (χ3v) is 4.96. The molecule has 0 fully saturated rings. The smallest absolute Gasteiger partial charge is 0.338 e. The van der Waals surface area contributed by atoms with Gasteiger partial charge in [-0.05, 0) is 80.8 Å². The number of nitrogens with zero attached hydrogens (tertiary/aromatic N) is 2. The Hall–Kier alpha value is -3.74. The van der Waals surface area contributed by atoms with E-state index in [1.165, 1.54) is 11.6 Å². The molecule has 0 unspecified atom stereocenters. The minimum atomic E-state index is -0.422. The van der Waals surface area contributed by atoms with E-state index in [-0.39, 0.29) is 12.1 Å². The summed E-state index contributed by atoms with van der Waals surface area (Å²) in [4.78, 5) is 36.4. The Labute approximate surface area is 180 Å². The molecule has 7 nitrogen and oxygen atoms in total. The van der Waals surface area contributed by atoms with E-state index < -0.39 is 11.9 Å². The van der Waals surface area contributed by atoms with Crippen LogP contribution < -0.4 is 10.9 Å². The molecule has 0 aliphatic rings. The predicted octanol–water partition coefficient (Wildman–Crippen LogP) is 3.65. The molecule has 0 aliphatic heterocycles. The highest BCUT2D eigenvalue weighted by Crippen LogP contribution is 2.24. The number of carbonyl (C=O) groups is 2. The van der Waals surface area contributed by atoms with Gasteiger partial charge in [-0.1, -0.05) is 6.07 Å². The molecule has 3 aromatic rings. The van der Waals surface area contributed by atoms with Crippen LogP contribution in [0.15, 0.2) is 53.3 Å². The average molecular weight is 419 g/mol. The Morgan fingerprint density at radius 3 is 2.32 bits per heavy atom. The van der Waals surface area contributed by atoms with E-state index in [0.717, 1.165) is 21.4 Å². The van der Waals surface area contributed by atoms with Crippen LogP contribution >= 0.6 is 0 Å². The third-order valence-electron chi connectivity index (χ3n) is 4.96. The standard InChI is InChI=1S/C24H25N3O4/c1-5-31-24(30)18-6-8-19(9-7-18)25-22(28)14-27-23(29)11-10-21(26-27)20-13-16(3)15(2)12-17(20)4/h6-13H,5,14H2,1-4H3,(H,25,28). The van der Waals surface area contributed by atoms with Gasteiger partial charge in [-0.15, -0.1) is 0 Å². The van der Waals surface area contributed by atoms with Gasteiger partial charge >= 0.3 is 5.97 Å². The van der Waals surface area contributed by atoms with Crippen LogP contribution in [0.4, 0.5) is 5.69 Å². The summed E-state index contributed by atoms with van der Waals surface area (Å²) >= 11 is 0. The zero-order valence-corrected chi connectivity index (χ0v) is 18.1. The molecule has 0 bridgehead atoms. The Balaban J connectivity index is 1.76. The van der Waals surface area contributed by atoms with Crippen LogP contribution in [0.5, 0.6) is 0 Å². The number of rotatable bonds is 6. The number of hydrogen-bond donors (Lipinski definition) is 1. The molecule has 7 heteroatoms. The maximum atomic E-state index is 12.5. The fourth-order valence-electron chi connectivity index (χ4n) is 3.18. The van der Waals surface area contributed by atoms with Gasteiger partial charge in [0.05, 0.1) is 17.9 Å². The van der Waals surface area contributed by atoms with Crippen molar-refractivity contribution in [3.63, 3.8) is 0 Å². The molecule has 0 saturated heterocycles. The van der Waals surface area contributed by atoms with Crippen molar-refractivity contribution in [1.29, 1.82) is 0 Å². The molecule has 31 heavy (non-hydrogen) atoms. The molecule has 0 saturated carbocycles. The first-order chi connectivity index (χ1) is 14.8. The van der Waals surface area contributed by atoms with Gasteiger partial charge in [-0.25, -0.2) is 9.48 Å². The SMILES string of the molecule is CCOC(=O)c1ccc(NC(=O)Cn2nc(-c3cc(C)c(C)cc3C)ccc2=O)cc1. The quantitative estimate of drug-likeness (QED) is 0.616. The minimum absolute atomic E-state index is 0.226. The molecule has 2 aromatic carbocycles. The van der Waals surface area contributed by atoms with E-state index in [1.807, 2.05) is 26.8 Å². The fraction of sp³-hybridized carbons (Fsp3) is 0.250. The number of anilines is 1. The molecular formula is C24H25N3O4. The normalized spacial score (nSPS) is 10.6. The second-order valence-corrected chi connectivity index (χ2v) is 7.31. The highest BCUT2D eigenvalue weighted by molar-refractivity contribution is 5.93. The molecule has 0 spiro atoms. The fourth-order valence-corrected chi connectivity index (χ4v) is 3.18. The molecule has 3 rings (SSSR count). The van der Waals surface area contributed by atoms with Gasteiger partial charge in [0.1, 0.15) is 6.54 Å². The summed E-state index contributed by atoms with van der Waals surface area (Å²) in [6, 6.07) is 13.6. The van der Waals surface area contributed by atoms with Crippen molar-refractivity contribution in [2.75, 3.05) is 11.9 Å². The predicted molar refractivity (Wildman–Crippen MR) is 119 cm³/mol. The number of esters is 1. The van der Waals surface area contributed by atoms with Gasteiger partial charge < -0.3 is 10.1 Å². The molecular weight excluding hydrogens is 394 g/mol. The van der Waals surface area contributed by atoms with Gasteiger partial charge in [-0.2, -0.15) is 5.10 Å². The number of hydrogen-bond acceptors (Lipinski definition) is 5. The van der Waals surface area contributed by atoms with Crippen molar-refractivity contribution in [2.24, 2.45) is 0 Å². The number of amides is 1. The topological polar surface area (TPSA) is 90.3 Å². The van der Waals surface area contributed by atoms with Crippen molar-refractivity contribution in [1.82, 2.24) is 9.78 Å². The average Bonchev–Trinajstić information content (AvgIpc) is 2.73. The zero-order chi connectivity index (χ0) is 22.5. The zero-order valence-electron chi connectivity index (χ0n) is 18.1. The second kappa shape index (κ2) is 9.38. The van der Waals surface area contributed by atoms with Crippen LogP contribution in [0, 0.1) is 20.8 Å². The Morgan fingerprint density at radius 2 is 1.65 bits per heavy atom. The van der Waals surface area contributed by atoms with E-state index in [2.05, 4.69) is 16.5 Å². The number of nitrogens with one attached hydrogen (secondary N) is 1. The number of carbonyl (C=O) groups excluding carboxylic acids is 2. The van der Waals surface area contributed by atoms with Gasteiger partial charge in [0.15, 0.2) is 0 Å². The maximum Gasteiger partial charge on any atom is 0.338 e. The van der Waals surface area contributed by atoms with Crippen LogP contribution in [0.25, 0.3) is 11.3 Å². The van der Waals surface area contributed by atoms with Crippen LogP contribution in [0.3, 0.4) is 0 Å². The Kier molecular flexibility index (Phi) is 6.65. The molecule has 0 aliphatic carbocycles. The molecule has 1 aromatic heterocycles. The van der Waals surface area contributed by atoms with Crippen molar-refractivity contribution in [3.8, 4) is 11.3 Å². The van der Waals surface area contributed by atoms with Crippen molar-refractivity contribution < 1.29 is 14.3 Å². The van der Waals surface area contributed by atoms with Crippen molar-refractivity contribution in [3.05, 3.63) is 81.1 Å². The molecule has 1 N–H and O–H groups in total. The molecule has 1 heterocycles. The first-order valence-electron chi connectivity index (χ1n) is 10.0. The van der Waals surface area contributed by atoms with Crippen LogP contribution in [-0.4, -0.2) is 28.3 Å². The van der Waals surface area contributed by atoms with Crippen LogP contribution in [-0.2, 0) is 16.1 Å². The van der Waals surface area contributed by atoms with Crippen LogP contribution in [0.1, 0.15) is 34.0 Å².